The molecule has 1 atom stereocenters. The summed E-state index contributed by atoms with van der Waals surface area (Å²) < 4.78 is 0. The molecule has 0 spiro atoms. The topological polar surface area (TPSA) is 42.1 Å². The predicted octanol–water partition coefficient (Wildman–Crippen LogP) is 3.38. The fourth-order valence-electron chi connectivity index (χ4n) is 1.83. The molecule has 0 aliphatic heterocycles. The Morgan fingerprint density at radius 2 is 1.79 bits per heavy atom. The Hall–Kier alpha value is -1.39. The predicted molar refractivity (Wildman–Crippen MR) is 83.0 cm³/mol. The minimum Gasteiger partial charge on any atom is -0.378 e. The summed E-state index contributed by atoms with van der Waals surface area (Å²) in [6, 6.07) is 8.21. The zero-order valence-electron chi connectivity index (χ0n) is 11.9. The first-order chi connectivity index (χ1) is 8.99. The minimum absolute atomic E-state index is 0.131. The second-order valence-corrected chi connectivity index (χ2v) is 6.12. The van der Waals surface area contributed by atoms with E-state index in [4.69, 9.17) is 5.73 Å². The van der Waals surface area contributed by atoms with Crippen LogP contribution in [0.4, 0.5) is 5.69 Å². The molecule has 0 fully saturated rings. The maximum absolute atomic E-state index is 6.29. The summed E-state index contributed by atoms with van der Waals surface area (Å²) in [6.45, 7) is 4.30. The van der Waals surface area contributed by atoms with E-state index < -0.39 is 0 Å². The molecular weight excluding hydrogens is 254 g/mol. The standard InChI is InChI=1S/C15H21N3S/c1-10(2)13-9-19-15(17-13)14(16)11-5-7-12(8-6-11)18(3)4/h5-10,14H,16H2,1-4H3. The van der Waals surface area contributed by atoms with Gasteiger partial charge in [-0.15, -0.1) is 11.3 Å². The van der Waals surface area contributed by atoms with Gasteiger partial charge in [0.1, 0.15) is 5.01 Å². The van der Waals surface area contributed by atoms with Crippen molar-refractivity contribution < 1.29 is 0 Å². The molecule has 0 saturated carbocycles. The summed E-state index contributed by atoms with van der Waals surface area (Å²) >= 11 is 1.64. The summed E-state index contributed by atoms with van der Waals surface area (Å²) in [4.78, 5) is 6.71. The van der Waals surface area contributed by atoms with E-state index in [1.807, 2.05) is 14.1 Å². The van der Waals surface area contributed by atoms with Gasteiger partial charge in [-0.1, -0.05) is 26.0 Å². The zero-order valence-corrected chi connectivity index (χ0v) is 12.7. The van der Waals surface area contributed by atoms with Gasteiger partial charge < -0.3 is 10.6 Å². The van der Waals surface area contributed by atoms with Gasteiger partial charge in [0.2, 0.25) is 0 Å². The number of aromatic nitrogens is 1. The SMILES string of the molecule is CC(C)c1csc(C(N)c2ccc(N(C)C)cc2)n1. The molecule has 19 heavy (non-hydrogen) atoms. The molecule has 0 aliphatic carbocycles. The van der Waals surface area contributed by atoms with Crippen LogP contribution in [0.25, 0.3) is 0 Å². The highest BCUT2D eigenvalue weighted by atomic mass is 32.1. The van der Waals surface area contributed by atoms with Gasteiger partial charge in [-0.3, -0.25) is 0 Å². The van der Waals surface area contributed by atoms with E-state index in [0.29, 0.717) is 5.92 Å². The van der Waals surface area contributed by atoms with Gasteiger partial charge in [-0.2, -0.15) is 0 Å². The highest BCUT2D eigenvalue weighted by molar-refractivity contribution is 7.09. The Kier molecular flexibility index (Phi) is 4.22. The van der Waals surface area contributed by atoms with Crippen LogP contribution in [0, 0.1) is 0 Å². The minimum atomic E-state index is -0.131. The molecule has 1 unspecified atom stereocenters. The molecule has 1 heterocycles. The van der Waals surface area contributed by atoms with Crippen LogP contribution in [0.3, 0.4) is 0 Å². The van der Waals surface area contributed by atoms with E-state index in [1.54, 1.807) is 11.3 Å². The average molecular weight is 275 g/mol. The Morgan fingerprint density at radius 3 is 2.26 bits per heavy atom. The van der Waals surface area contributed by atoms with Crippen LogP contribution in [0.5, 0.6) is 0 Å². The second kappa shape index (κ2) is 5.72. The average Bonchev–Trinajstić information content (AvgIpc) is 2.87. The van der Waals surface area contributed by atoms with Crippen molar-refractivity contribution in [2.75, 3.05) is 19.0 Å². The summed E-state index contributed by atoms with van der Waals surface area (Å²) in [5.41, 5.74) is 9.70. The molecule has 2 rings (SSSR count). The van der Waals surface area contributed by atoms with Gasteiger partial charge in [0.25, 0.3) is 0 Å². The van der Waals surface area contributed by atoms with Gasteiger partial charge in [0.15, 0.2) is 0 Å². The maximum Gasteiger partial charge on any atom is 0.114 e. The molecule has 0 radical (unpaired) electrons. The van der Waals surface area contributed by atoms with Crippen molar-refractivity contribution in [3.05, 3.63) is 45.9 Å². The number of benzene rings is 1. The van der Waals surface area contributed by atoms with Crippen molar-refractivity contribution >= 4 is 17.0 Å². The van der Waals surface area contributed by atoms with Crippen LogP contribution in [-0.4, -0.2) is 19.1 Å². The smallest absolute Gasteiger partial charge is 0.114 e. The lowest BCUT2D eigenvalue weighted by molar-refractivity contribution is 0.795. The van der Waals surface area contributed by atoms with Crippen LogP contribution in [0.15, 0.2) is 29.6 Å². The van der Waals surface area contributed by atoms with Crippen LogP contribution < -0.4 is 10.6 Å². The van der Waals surface area contributed by atoms with Crippen molar-refractivity contribution in [3.8, 4) is 0 Å². The summed E-state index contributed by atoms with van der Waals surface area (Å²) in [5, 5.41) is 3.09. The first-order valence-electron chi connectivity index (χ1n) is 6.47. The Balaban J connectivity index is 2.20. The van der Waals surface area contributed by atoms with E-state index >= 15 is 0 Å². The quantitative estimate of drug-likeness (QED) is 0.930. The Morgan fingerprint density at radius 1 is 1.16 bits per heavy atom. The van der Waals surface area contributed by atoms with E-state index in [0.717, 1.165) is 16.3 Å². The summed E-state index contributed by atoms with van der Waals surface area (Å²) in [7, 11) is 4.06. The lowest BCUT2D eigenvalue weighted by atomic mass is 10.1. The fraction of sp³-hybridized carbons (Fsp3) is 0.400. The van der Waals surface area contributed by atoms with Crippen LogP contribution in [0.2, 0.25) is 0 Å². The lowest BCUT2D eigenvalue weighted by Gasteiger charge is -2.14. The van der Waals surface area contributed by atoms with E-state index in [2.05, 4.69) is 53.4 Å². The van der Waals surface area contributed by atoms with Crippen molar-refractivity contribution in [2.24, 2.45) is 5.73 Å². The lowest BCUT2D eigenvalue weighted by Crippen LogP contribution is -2.13. The summed E-state index contributed by atoms with van der Waals surface area (Å²) in [6.07, 6.45) is 0. The van der Waals surface area contributed by atoms with Crippen LogP contribution in [0.1, 0.15) is 42.1 Å². The molecule has 1 aromatic heterocycles. The largest absolute Gasteiger partial charge is 0.378 e. The first kappa shape index (κ1) is 14.0. The normalized spacial score (nSPS) is 12.7. The number of nitrogens with two attached hydrogens (primary N) is 1. The zero-order chi connectivity index (χ0) is 14.0. The number of thiazole rings is 1. The summed E-state index contributed by atoms with van der Waals surface area (Å²) in [5.74, 6) is 0.452. The highest BCUT2D eigenvalue weighted by Gasteiger charge is 2.14. The van der Waals surface area contributed by atoms with Gasteiger partial charge in [-0.05, 0) is 23.6 Å². The van der Waals surface area contributed by atoms with E-state index in [-0.39, 0.29) is 6.04 Å². The highest BCUT2D eigenvalue weighted by Crippen LogP contribution is 2.26. The third kappa shape index (κ3) is 3.14. The molecule has 2 N–H and O–H groups in total. The van der Waals surface area contributed by atoms with Crippen LogP contribution in [-0.2, 0) is 0 Å². The molecule has 4 heteroatoms. The second-order valence-electron chi connectivity index (χ2n) is 5.23. The van der Waals surface area contributed by atoms with E-state index in [9.17, 15) is 0 Å². The van der Waals surface area contributed by atoms with Gasteiger partial charge >= 0.3 is 0 Å². The number of nitrogens with zero attached hydrogens (tertiary/aromatic N) is 2. The number of rotatable bonds is 4. The van der Waals surface area contributed by atoms with Gasteiger partial charge in [0, 0.05) is 25.2 Å². The molecule has 0 amide bonds. The monoisotopic (exact) mass is 275 g/mol. The fourth-order valence-corrected chi connectivity index (χ4v) is 2.84. The number of hydrogen-bond donors (Lipinski definition) is 1. The molecule has 0 bridgehead atoms. The Bertz CT molecular complexity index is 529. The molecular formula is C15H21N3S. The molecule has 0 saturated heterocycles. The molecule has 0 aliphatic rings. The van der Waals surface area contributed by atoms with Crippen molar-refractivity contribution in [3.63, 3.8) is 0 Å². The van der Waals surface area contributed by atoms with E-state index in [1.165, 1.54) is 5.69 Å². The van der Waals surface area contributed by atoms with Crippen molar-refractivity contribution in [1.29, 1.82) is 0 Å². The Labute approximate surface area is 119 Å². The first-order valence-corrected chi connectivity index (χ1v) is 7.35. The van der Waals surface area contributed by atoms with Crippen molar-refractivity contribution in [2.45, 2.75) is 25.8 Å². The third-order valence-electron chi connectivity index (χ3n) is 3.17. The van der Waals surface area contributed by atoms with Crippen LogP contribution >= 0.6 is 11.3 Å². The molecule has 1 aromatic carbocycles. The number of anilines is 1. The van der Waals surface area contributed by atoms with Gasteiger partial charge in [0.05, 0.1) is 11.7 Å². The molecule has 2 aromatic rings. The third-order valence-corrected chi connectivity index (χ3v) is 4.11. The number of hydrogen-bond acceptors (Lipinski definition) is 4. The maximum atomic E-state index is 6.29. The molecule has 3 nitrogen and oxygen atoms in total. The van der Waals surface area contributed by atoms with Gasteiger partial charge in [-0.25, -0.2) is 4.98 Å². The molecule has 102 valence electrons. The van der Waals surface area contributed by atoms with Crippen molar-refractivity contribution in [1.82, 2.24) is 4.98 Å².